The van der Waals surface area contributed by atoms with Crippen LogP contribution in [0.3, 0.4) is 0 Å². The Morgan fingerprint density at radius 2 is 1.22 bits per heavy atom. The van der Waals surface area contributed by atoms with Crippen molar-refractivity contribution < 1.29 is 0 Å². The predicted octanol–water partition coefficient (Wildman–Crippen LogP) is 15.3. The molecule has 2 heterocycles. The molecule has 7 aromatic carbocycles. The highest BCUT2D eigenvalue weighted by molar-refractivity contribution is 6.10. The van der Waals surface area contributed by atoms with Crippen molar-refractivity contribution in [3.05, 3.63) is 253 Å². The van der Waals surface area contributed by atoms with Gasteiger partial charge in [0.25, 0.3) is 0 Å². The zero-order chi connectivity index (χ0) is 40.8. The number of rotatable bonds is 12. The predicted molar refractivity (Wildman–Crippen MR) is 259 cm³/mol. The summed E-state index contributed by atoms with van der Waals surface area (Å²) in [7, 11) is 0. The maximum absolute atomic E-state index is 4.41. The third-order valence-electron chi connectivity index (χ3n) is 11.3. The molecule has 0 saturated heterocycles. The van der Waals surface area contributed by atoms with Gasteiger partial charge in [-0.1, -0.05) is 170 Å². The second kappa shape index (κ2) is 17.1. The van der Waals surface area contributed by atoms with Gasteiger partial charge in [0.2, 0.25) is 0 Å². The zero-order valence-electron chi connectivity index (χ0n) is 33.9. The van der Waals surface area contributed by atoms with E-state index in [2.05, 4.69) is 246 Å². The van der Waals surface area contributed by atoms with Crippen LogP contribution in [0.1, 0.15) is 35.6 Å². The van der Waals surface area contributed by atoms with E-state index in [9.17, 15) is 0 Å². The number of anilines is 4. The minimum atomic E-state index is -0.00186. The van der Waals surface area contributed by atoms with E-state index in [-0.39, 0.29) is 6.04 Å². The number of benzene rings is 7. The van der Waals surface area contributed by atoms with E-state index < -0.39 is 0 Å². The third kappa shape index (κ3) is 7.34. The lowest BCUT2D eigenvalue weighted by molar-refractivity contribution is 0.796. The van der Waals surface area contributed by atoms with Gasteiger partial charge in [0.1, 0.15) is 0 Å². The highest BCUT2D eigenvalue weighted by Crippen LogP contribution is 2.47. The van der Waals surface area contributed by atoms with E-state index in [1.165, 1.54) is 44.1 Å². The maximum Gasteiger partial charge on any atom is 0.0561 e. The molecule has 3 heteroatoms. The number of allylic oxidation sites excluding steroid dienone is 4. The maximum atomic E-state index is 4.41. The molecule has 8 aromatic rings. The molecule has 60 heavy (non-hydrogen) atoms. The van der Waals surface area contributed by atoms with Crippen LogP contribution >= 0.6 is 0 Å². The van der Waals surface area contributed by atoms with Crippen LogP contribution in [0.25, 0.3) is 45.2 Å². The van der Waals surface area contributed by atoms with Crippen LogP contribution in [-0.2, 0) is 0 Å². The largest absolute Gasteiger partial charge is 0.334 e. The molecule has 1 aliphatic heterocycles. The molecule has 0 radical (unpaired) electrons. The molecule has 1 aliphatic rings. The van der Waals surface area contributed by atoms with Gasteiger partial charge < -0.3 is 14.4 Å². The van der Waals surface area contributed by atoms with E-state index in [4.69, 9.17) is 0 Å². The zero-order valence-corrected chi connectivity index (χ0v) is 33.9. The number of hydrogen-bond donors (Lipinski definition) is 0. The highest BCUT2D eigenvalue weighted by Gasteiger charge is 2.26. The molecular formula is C57H47N3. The summed E-state index contributed by atoms with van der Waals surface area (Å²) in [6.45, 7) is 10.8. The van der Waals surface area contributed by atoms with Crippen molar-refractivity contribution in [3.8, 4) is 5.69 Å². The van der Waals surface area contributed by atoms with Gasteiger partial charge in [-0.2, -0.15) is 0 Å². The van der Waals surface area contributed by atoms with E-state index in [0.717, 1.165) is 46.1 Å². The van der Waals surface area contributed by atoms with Crippen molar-refractivity contribution in [2.24, 2.45) is 0 Å². The average Bonchev–Trinajstić information content (AvgIpc) is 3.63. The summed E-state index contributed by atoms with van der Waals surface area (Å²) in [5.74, 6) is 0. The molecule has 0 saturated carbocycles. The highest BCUT2D eigenvalue weighted by atomic mass is 15.2. The summed E-state index contributed by atoms with van der Waals surface area (Å²) in [6.07, 6.45) is 18.0. The molecule has 0 amide bonds. The second-order valence-electron chi connectivity index (χ2n) is 15.0. The fraction of sp³-hybridized carbons (Fsp3) is 0.0526. The van der Waals surface area contributed by atoms with E-state index >= 15 is 0 Å². The molecule has 9 rings (SSSR count). The summed E-state index contributed by atoms with van der Waals surface area (Å²) in [6, 6.07) is 62.7. The molecule has 290 valence electrons. The van der Waals surface area contributed by atoms with Gasteiger partial charge in [0.15, 0.2) is 0 Å². The Kier molecular flexibility index (Phi) is 10.8. The van der Waals surface area contributed by atoms with Gasteiger partial charge in [-0.15, -0.1) is 6.58 Å². The Morgan fingerprint density at radius 3 is 1.92 bits per heavy atom. The molecule has 3 nitrogen and oxygen atoms in total. The molecule has 1 aromatic heterocycles. The minimum absolute atomic E-state index is 0.00186. The Hall–Kier alpha value is -7.62. The van der Waals surface area contributed by atoms with E-state index in [1.54, 1.807) is 0 Å². The quantitative estimate of drug-likeness (QED) is 0.0905. The smallest absolute Gasteiger partial charge is 0.0561 e. The number of fused-ring (bicyclic) bond motifs is 5. The van der Waals surface area contributed by atoms with Gasteiger partial charge in [-0.25, -0.2) is 0 Å². The average molecular weight is 774 g/mol. The van der Waals surface area contributed by atoms with Crippen LogP contribution < -0.4 is 9.80 Å². The molecule has 0 aliphatic carbocycles. The fourth-order valence-electron chi connectivity index (χ4n) is 8.54. The minimum Gasteiger partial charge on any atom is -0.334 e. The molecule has 1 unspecified atom stereocenters. The molecule has 0 spiro atoms. The van der Waals surface area contributed by atoms with Crippen molar-refractivity contribution >= 4 is 62.3 Å². The van der Waals surface area contributed by atoms with Gasteiger partial charge in [0, 0.05) is 44.7 Å². The normalized spacial score (nSPS) is 12.9. The van der Waals surface area contributed by atoms with Gasteiger partial charge in [0.05, 0.1) is 28.5 Å². The van der Waals surface area contributed by atoms with E-state index in [0.29, 0.717) is 0 Å². The van der Waals surface area contributed by atoms with Gasteiger partial charge in [-0.3, -0.25) is 0 Å². The van der Waals surface area contributed by atoms with E-state index in [1.807, 2.05) is 13.0 Å². The van der Waals surface area contributed by atoms with Crippen LogP contribution in [-0.4, -0.2) is 10.6 Å². The number of aromatic nitrogens is 1. The molecule has 0 fully saturated rings. The second-order valence-corrected chi connectivity index (χ2v) is 15.0. The monoisotopic (exact) mass is 773 g/mol. The van der Waals surface area contributed by atoms with Crippen molar-refractivity contribution in [1.29, 1.82) is 0 Å². The first kappa shape index (κ1) is 37.9. The van der Waals surface area contributed by atoms with Crippen LogP contribution in [0, 0.1) is 0 Å². The molecular weight excluding hydrogens is 727 g/mol. The third-order valence-corrected chi connectivity index (χ3v) is 11.3. The first-order valence-electron chi connectivity index (χ1n) is 20.6. The van der Waals surface area contributed by atoms with Crippen LogP contribution in [0.5, 0.6) is 0 Å². The van der Waals surface area contributed by atoms with Crippen LogP contribution in [0.15, 0.2) is 231 Å². The summed E-state index contributed by atoms with van der Waals surface area (Å²) in [5.41, 5.74) is 14.7. The first-order chi connectivity index (χ1) is 29.6. The lowest BCUT2D eigenvalue weighted by Gasteiger charge is -2.35. The lowest BCUT2D eigenvalue weighted by atomic mass is 9.89. The molecule has 1 atom stereocenters. The van der Waals surface area contributed by atoms with Crippen molar-refractivity contribution in [3.63, 3.8) is 0 Å². The number of nitrogens with zero attached hydrogens (tertiary/aromatic N) is 3. The summed E-state index contributed by atoms with van der Waals surface area (Å²) in [5, 5.41) is 2.47. The summed E-state index contributed by atoms with van der Waals surface area (Å²) < 4.78 is 2.38. The van der Waals surface area contributed by atoms with Crippen molar-refractivity contribution in [2.45, 2.75) is 19.4 Å². The first-order valence-corrected chi connectivity index (χ1v) is 20.6. The Morgan fingerprint density at radius 1 is 0.617 bits per heavy atom. The van der Waals surface area contributed by atoms with Crippen LogP contribution in [0.2, 0.25) is 0 Å². The summed E-state index contributed by atoms with van der Waals surface area (Å²) >= 11 is 0. The molecule has 0 N–H and O–H groups in total. The topological polar surface area (TPSA) is 11.4 Å². The fourth-order valence-corrected chi connectivity index (χ4v) is 8.54. The Labute approximate surface area is 353 Å². The Balaban J connectivity index is 1.09. The standard InChI is InChI=1S/C57H47N3/c1-4-20-42(3)58-54-32-15-12-28-50(54)49(51-29-13-16-33-55(51)58)31-19-24-44-35-37-47(38-36-44)59(45(5-2)27-18-23-43-21-8-6-9-22-43)48-39-40-53-52-30-14-17-34-56(52)60(57(53)41-48)46-25-10-7-11-26-46/h4-26,28-41,45H,2-3,27H2,1H3/b20-4-,23-18+,24-19+. The molecule has 0 bridgehead atoms. The summed E-state index contributed by atoms with van der Waals surface area (Å²) in [4.78, 5) is 4.68. The Bertz CT molecular complexity index is 2890. The van der Waals surface area contributed by atoms with Gasteiger partial charge >= 0.3 is 0 Å². The van der Waals surface area contributed by atoms with Crippen LogP contribution in [0.4, 0.5) is 22.7 Å². The lowest BCUT2D eigenvalue weighted by Crippen LogP contribution is -2.28. The van der Waals surface area contributed by atoms with Crippen molar-refractivity contribution in [1.82, 2.24) is 4.57 Å². The van der Waals surface area contributed by atoms with Crippen molar-refractivity contribution in [2.75, 3.05) is 9.80 Å². The van der Waals surface area contributed by atoms with Gasteiger partial charge in [-0.05, 0) is 90.7 Å². The number of para-hydroxylation sites is 4. The SMILES string of the molecule is C=CC(C/C=C/c1ccccc1)N(c1ccc(/C=C/C=C2c3ccccc3N(C(=C)/C=C\C)c3ccccc32)cc1)c1ccc2c3ccccc3n(-c3ccccc3)c2c1. The number of hydrogen-bond acceptors (Lipinski definition) is 2.